The molecule has 1 fully saturated rings. The van der Waals surface area contributed by atoms with Gasteiger partial charge in [0.05, 0.1) is 16.6 Å². The average molecular weight is 365 g/mol. The highest BCUT2D eigenvalue weighted by Gasteiger charge is 2.36. The molecule has 1 heterocycles. The molecule has 1 aliphatic heterocycles. The van der Waals surface area contributed by atoms with Crippen LogP contribution in [0.3, 0.4) is 0 Å². The Morgan fingerprint density at radius 1 is 1.00 bits per heavy atom. The molecule has 1 aliphatic rings. The van der Waals surface area contributed by atoms with Crippen LogP contribution in [0.1, 0.15) is 6.42 Å². The zero-order valence-corrected chi connectivity index (χ0v) is 14.7. The standard InChI is InChI=1S/C21H17ClN2O2/c22-17-9-3-4-11-19(17)24-13-15(12-20(24)25)21(26)23-18-10-5-7-14-6-1-2-8-16(14)18/h1-11,15H,12-13H2,(H,23,26). The van der Waals surface area contributed by atoms with Crippen molar-refractivity contribution in [2.24, 2.45) is 5.92 Å². The van der Waals surface area contributed by atoms with Crippen molar-refractivity contribution in [1.82, 2.24) is 0 Å². The van der Waals surface area contributed by atoms with Gasteiger partial charge < -0.3 is 10.2 Å². The molecular formula is C21H17ClN2O2. The van der Waals surface area contributed by atoms with Crippen molar-refractivity contribution in [2.45, 2.75) is 6.42 Å². The van der Waals surface area contributed by atoms with E-state index >= 15 is 0 Å². The van der Waals surface area contributed by atoms with Gasteiger partial charge in [-0.3, -0.25) is 9.59 Å². The van der Waals surface area contributed by atoms with E-state index in [9.17, 15) is 9.59 Å². The summed E-state index contributed by atoms with van der Waals surface area (Å²) in [6, 6.07) is 20.9. The van der Waals surface area contributed by atoms with Crippen molar-refractivity contribution in [3.63, 3.8) is 0 Å². The predicted octanol–water partition coefficient (Wildman–Crippen LogP) is 4.48. The fourth-order valence-electron chi connectivity index (χ4n) is 3.36. The van der Waals surface area contributed by atoms with Crippen LogP contribution in [0.5, 0.6) is 0 Å². The summed E-state index contributed by atoms with van der Waals surface area (Å²) in [5, 5.41) is 5.54. The molecule has 1 unspecified atom stereocenters. The summed E-state index contributed by atoms with van der Waals surface area (Å²) in [6.45, 7) is 0.333. The highest BCUT2D eigenvalue weighted by atomic mass is 35.5. The average Bonchev–Trinajstić information content (AvgIpc) is 3.04. The molecule has 0 bridgehead atoms. The van der Waals surface area contributed by atoms with Crippen molar-refractivity contribution in [2.75, 3.05) is 16.8 Å². The Labute approximate surface area is 156 Å². The van der Waals surface area contributed by atoms with Crippen molar-refractivity contribution < 1.29 is 9.59 Å². The van der Waals surface area contributed by atoms with Crippen LogP contribution in [0, 0.1) is 5.92 Å². The summed E-state index contributed by atoms with van der Waals surface area (Å²) in [4.78, 5) is 26.7. The third-order valence-corrected chi connectivity index (χ3v) is 5.01. The fourth-order valence-corrected chi connectivity index (χ4v) is 3.59. The third-order valence-electron chi connectivity index (χ3n) is 4.69. The van der Waals surface area contributed by atoms with Crippen LogP contribution in [-0.2, 0) is 9.59 Å². The maximum absolute atomic E-state index is 12.7. The van der Waals surface area contributed by atoms with E-state index in [1.807, 2.05) is 54.6 Å². The minimum atomic E-state index is -0.405. The lowest BCUT2D eigenvalue weighted by atomic mass is 10.1. The van der Waals surface area contributed by atoms with Gasteiger partial charge in [-0.05, 0) is 23.6 Å². The first-order chi connectivity index (χ1) is 12.6. The van der Waals surface area contributed by atoms with Crippen LogP contribution >= 0.6 is 11.6 Å². The van der Waals surface area contributed by atoms with Gasteiger partial charge in [-0.2, -0.15) is 0 Å². The number of hydrogen-bond donors (Lipinski definition) is 1. The summed E-state index contributed by atoms with van der Waals surface area (Å²) in [5.74, 6) is -0.641. The molecule has 0 spiro atoms. The minimum Gasteiger partial charge on any atom is -0.325 e. The molecular weight excluding hydrogens is 348 g/mol. The Balaban J connectivity index is 1.54. The second-order valence-corrected chi connectivity index (χ2v) is 6.78. The molecule has 1 atom stereocenters. The van der Waals surface area contributed by atoms with Gasteiger partial charge in [0.15, 0.2) is 0 Å². The molecule has 3 aromatic rings. The van der Waals surface area contributed by atoms with E-state index in [2.05, 4.69) is 5.32 Å². The maximum atomic E-state index is 12.7. The van der Waals surface area contributed by atoms with Crippen LogP contribution in [0.25, 0.3) is 10.8 Å². The molecule has 2 amide bonds. The maximum Gasteiger partial charge on any atom is 0.229 e. The number of carbonyl (C=O) groups is 2. The summed E-state index contributed by atoms with van der Waals surface area (Å²) in [5.41, 5.74) is 1.41. The highest BCUT2D eigenvalue weighted by Crippen LogP contribution is 2.32. The van der Waals surface area contributed by atoms with Crippen LogP contribution in [0.4, 0.5) is 11.4 Å². The summed E-state index contributed by atoms with van der Waals surface area (Å²) in [6.07, 6.45) is 0.182. The monoisotopic (exact) mass is 364 g/mol. The molecule has 5 heteroatoms. The number of nitrogens with one attached hydrogen (secondary N) is 1. The lowest BCUT2D eigenvalue weighted by Crippen LogP contribution is -2.28. The quantitative estimate of drug-likeness (QED) is 0.744. The first-order valence-corrected chi connectivity index (χ1v) is 8.85. The molecule has 26 heavy (non-hydrogen) atoms. The second kappa shape index (κ2) is 6.81. The van der Waals surface area contributed by atoms with E-state index in [4.69, 9.17) is 11.6 Å². The van der Waals surface area contributed by atoms with Gasteiger partial charge >= 0.3 is 0 Å². The van der Waals surface area contributed by atoms with Crippen molar-refractivity contribution in [3.8, 4) is 0 Å². The molecule has 0 saturated carbocycles. The van der Waals surface area contributed by atoms with Crippen molar-refractivity contribution in [3.05, 3.63) is 71.8 Å². The lowest BCUT2D eigenvalue weighted by molar-refractivity contribution is -0.122. The van der Waals surface area contributed by atoms with Crippen LogP contribution in [0.2, 0.25) is 5.02 Å². The Morgan fingerprint density at radius 2 is 1.73 bits per heavy atom. The molecule has 0 radical (unpaired) electrons. The smallest absolute Gasteiger partial charge is 0.229 e. The number of benzene rings is 3. The number of hydrogen-bond acceptors (Lipinski definition) is 2. The Bertz CT molecular complexity index is 997. The number of halogens is 1. The molecule has 3 aromatic carbocycles. The van der Waals surface area contributed by atoms with E-state index in [-0.39, 0.29) is 18.2 Å². The van der Waals surface area contributed by atoms with E-state index in [1.165, 1.54) is 0 Å². The molecule has 0 aromatic heterocycles. The number of para-hydroxylation sites is 1. The zero-order valence-electron chi connectivity index (χ0n) is 14.0. The van der Waals surface area contributed by atoms with E-state index in [0.717, 1.165) is 16.5 Å². The van der Waals surface area contributed by atoms with Crippen LogP contribution in [0.15, 0.2) is 66.7 Å². The van der Waals surface area contributed by atoms with Gasteiger partial charge in [-0.25, -0.2) is 0 Å². The van der Waals surface area contributed by atoms with E-state index in [1.54, 1.807) is 17.0 Å². The van der Waals surface area contributed by atoms with Crippen molar-refractivity contribution in [1.29, 1.82) is 0 Å². The molecule has 4 rings (SSSR count). The topological polar surface area (TPSA) is 49.4 Å². The number of amides is 2. The minimum absolute atomic E-state index is 0.0869. The molecule has 1 N–H and O–H groups in total. The normalized spacial score (nSPS) is 16.9. The largest absolute Gasteiger partial charge is 0.325 e. The summed E-state index contributed by atoms with van der Waals surface area (Å²) in [7, 11) is 0. The van der Waals surface area contributed by atoms with Gasteiger partial charge in [0.25, 0.3) is 0 Å². The Hall–Kier alpha value is -2.85. The molecule has 0 aliphatic carbocycles. The first-order valence-electron chi connectivity index (χ1n) is 8.47. The summed E-state index contributed by atoms with van der Waals surface area (Å²) < 4.78 is 0. The Kier molecular flexibility index (Phi) is 4.35. The summed E-state index contributed by atoms with van der Waals surface area (Å²) >= 11 is 6.20. The van der Waals surface area contributed by atoms with Gasteiger partial charge in [0.2, 0.25) is 11.8 Å². The van der Waals surface area contributed by atoms with Gasteiger partial charge in [0, 0.05) is 24.0 Å². The predicted molar refractivity (Wildman–Crippen MR) is 104 cm³/mol. The van der Waals surface area contributed by atoms with E-state index in [0.29, 0.717) is 17.3 Å². The van der Waals surface area contributed by atoms with Gasteiger partial charge in [0.1, 0.15) is 0 Å². The Morgan fingerprint density at radius 3 is 2.58 bits per heavy atom. The third kappa shape index (κ3) is 3.04. The fraction of sp³-hybridized carbons (Fsp3) is 0.143. The van der Waals surface area contributed by atoms with Crippen LogP contribution in [-0.4, -0.2) is 18.4 Å². The van der Waals surface area contributed by atoms with Gasteiger partial charge in [-0.15, -0.1) is 0 Å². The lowest BCUT2D eigenvalue weighted by Gasteiger charge is -2.18. The number of rotatable bonds is 3. The van der Waals surface area contributed by atoms with E-state index < -0.39 is 5.92 Å². The molecule has 130 valence electrons. The molecule has 4 nitrogen and oxygen atoms in total. The molecule has 1 saturated heterocycles. The SMILES string of the molecule is O=C(Nc1cccc2ccccc12)C1CC(=O)N(c2ccccc2Cl)C1. The second-order valence-electron chi connectivity index (χ2n) is 6.37. The van der Waals surface area contributed by atoms with Gasteiger partial charge in [-0.1, -0.05) is 60.1 Å². The number of nitrogens with zero attached hydrogens (tertiary/aromatic N) is 1. The zero-order chi connectivity index (χ0) is 18.1. The van der Waals surface area contributed by atoms with Crippen LogP contribution < -0.4 is 10.2 Å². The number of anilines is 2. The number of fused-ring (bicyclic) bond motifs is 1. The highest BCUT2D eigenvalue weighted by molar-refractivity contribution is 6.34. The first kappa shape index (κ1) is 16.6. The van der Waals surface area contributed by atoms with Crippen molar-refractivity contribution >= 4 is 45.6 Å². The number of carbonyl (C=O) groups excluding carboxylic acids is 2.